The van der Waals surface area contributed by atoms with Gasteiger partial charge < -0.3 is 0 Å². The molecule has 0 aliphatic rings. The summed E-state index contributed by atoms with van der Waals surface area (Å²) >= 11 is 9.98. The third-order valence-corrected chi connectivity index (χ3v) is 3.60. The zero-order valence-corrected chi connectivity index (χ0v) is 10.0. The van der Waals surface area contributed by atoms with Crippen molar-refractivity contribution in [3.63, 3.8) is 0 Å². The summed E-state index contributed by atoms with van der Waals surface area (Å²) in [5, 5.41) is 0. The summed E-state index contributed by atoms with van der Waals surface area (Å²) in [5.74, 6) is 2.32. The van der Waals surface area contributed by atoms with Crippen LogP contribution in [0.15, 0.2) is 25.6 Å². The standard InChI is InChI=1S/C8H2Br3/c1-2-5-3-6(9)4-7(10)8(5)11/h3-4H. The third-order valence-electron chi connectivity index (χ3n) is 1.13. The molecule has 1 rings (SSSR count). The SMILES string of the molecule is [C]#Cc1cc(Br)cc(Br)c1Br. The molecule has 0 nitrogen and oxygen atoms in total. The highest BCUT2D eigenvalue weighted by molar-refractivity contribution is 9.13. The van der Waals surface area contributed by atoms with Crippen molar-refractivity contribution >= 4 is 47.8 Å². The molecule has 0 atom stereocenters. The predicted molar refractivity (Wildman–Crippen MR) is 55.8 cm³/mol. The van der Waals surface area contributed by atoms with E-state index in [0.29, 0.717) is 0 Å². The van der Waals surface area contributed by atoms with Gasteiger partial charge in [0.15, 0.2) is 0 Å². The van der Waals surface area contributed by atoms with Gasteiger partial charge in [0.1, 0.15) is 0 Å². The second-order valence-electron chi connectivity index (χ2n) is 1.87. The first-order chi connectivity index (χ1) is 5.15. The van der Waals surface area contributed by atoms with Gasteiger partial charge in [-0.05, 0) is 50.4 Å². The van der Waals surface area contributed by atoms with Crippen molar-refractivity contribution in [2.75, 3.05) is 0 Å². The Morgan fingerprint density at radius 1 is 1.18 bits per heavy atom. The maximum atomic E-state index is 6.96. The van der Waals surface area contributed by atoms with Crippen molar-refractivity contribution in [1.82, 2.24) is 0 Å². The zero-order valence-electron chi connectivity index (χ0n) is 5.29. The van der Waals surface area contributed by atoms with Crippen LogP contribution in [0.25, 0.3) is 0 Å². The summed E-state index contributed by atoms with van der Waals surface area (Å²) in [6, 6.07) is 3.73. The Kier molecular flexibility index (Phi) is 3.17. The maximum absolute atomic E-state index is 6.96. The first kappa shape index (κ1) is 9.31. The number of hydrogen-bond acceptors (Lipinski definition) is 0. The molecule has 0 spiro atoms. The quantitative estimate of drug-likeness (QED) is 0.497. The maximum Gasteiger partial charge on any atom is 0.0475 e. The third kappa shape index (κ3) is 2.08. The van der Waals surface area contributed by atoms with Gasteiger partial charge in [-0.1, -0.05) is 21.9 Å². The van der Waals surface area contributed by atoms with Crippen LogP contribution in [-0.4, -0.2) is 0 Å². The van der Waals surface area contributed by atoms with Gasteiger partial charge in [-0.3, -0.25) is 0 Å². The highest BCUT2D eigenvalue weighted by Crippen LogP contribution is 2.29. The fraction of sp³-hybridized carbons (Fsp3) is 0. The van der Waals surface area contributed by atoms with Crippen molar-refractivity contribution in [3.05, 3.63) is 37.5 Å². The zero-order chi connectivity index (χ0) is 8.43. The Bertz CT molecular complexity index is 323. The van der Waals surface area contributed by atoms with Gasteiger partial charge in [-0.2, -0.15) is 0 Å². The van der Waals surface area contributed by atoms with E-state index in [1.54, 1.807) is 0 Å². The average molecular weight is 338 g/mol. The molecule has 0 bridgehead atoms. The van der Waals surface area contributed by atoms with E-state index in [9.17, 15) is 0 Å². The first-order valence-corrected chi connectivity index (χ1v) is 5.10. The molecule has 0 aliphatic heterocycles. The van der Waals surface area contributed by atoms with Gasteiger partial charge in [-0.25, -0.2) is 0 Å². The summed E-state index contributed by atoms with van der Waals surface area (Å²) in [7, 11) is 0. The van der Waals surface area contributed by atoms with Gasteiger partial charge in [0.05, 0.1) is 0 Å². The lowest BCUT2D eigenvalue weighted by molar-refractivity contribution is 1.51. The van der Waals surface area contributed by atoms with E-state index in [-0.39, 0.29) is 0 Å². The van der Waals surface area contributed by atoms with Gasteiger partial charge in [0, 0.05) is 19.0 Å². The number of hydrogen-bond donors (Lipinski definition) is 0. The Labute approximate surface area is 90.8 Å². The Morgan fingerprint density at radius 3 is 2.36 bits per heavy atom. The second kappa shape index (κ2) is 3.75. The highest BCUT2D eigenvalue weighted by atomic mass is 79.9. The van der Waals surface area contributed by atoms with Crippen molar-refractivity contribution in [1.29, 1.82) is 0 Å². The molecule has 0 N–H and O–H groups in total. The van der Waals surface area contributed by atoms with E-state index in [1.165, 1.54) is 0 Å². The van der Waals surface area contributed by atoms with E-state index in [4.69, 9.17) is 6.42 Å². The molecule has 11 heavy (non-hydrogen) atoms. The largest absolute Gasteiger partial charge is 0.0516 e. The van der Waals surface area contributed by atoms with Crippen molar-refractivity contribution in [2.45, 2.75) is 0 Å². The summed E-state index contributed by atoms with van der Waals surface area (Å²) in [4.78, 5) is 0. The van der Waals surface area contributed by atoms with Crippen LogP contribution in [-0.2, 0) is 0 Å². The first-order valence-electron chi connectivity index (χ1n) is 2.72. The van der Waals surface area contributed by atoms with Crippen LogP contribution in [0.1, 0.15) is 5.56 Å². The Morgan fingerprint density at radius 2 is 1.82 bits per heavy atom. The van der Waals surface area contributed by atoms with E-state index < -0.39 is 0 Å². The number of halogens is 3. The van der Waals surface area contributed by atoms with Crippen LogP contribution < -0.4 is 0 Å². The lowest BCUT2D eigenvalue weighted by Gasteiger charge is -1.99. The van der Waals surface area contributed by atoms with Gasteiger partial charge >= 0.3 is 0 Å². The molecule has 0 fully saturated rings. The lowest BCUT2D eigenvalue weighted by Crippen LogP contribution is -1.78. The molecule has 0 saturated carbocycles. The minimum absolute atomic E-state index is 0.728. The molecule has 0 heterocycles. The molecule has 1 aromatic rings. The van der Waals surface area contributed by atoms with Crippen molar-refractivity contribution in [2.24, 2.45) is 0 Å². The van der Waals surface area contributed by atoms with Crippen molar-refractivity contribution < 1.29 is 0 Å². The summed E-state index contributed by atoms with van der Waals surface area (Å²) in [5.41, 5.74) is 0.728. The molecular formula is C8H2Br3. The van der Waals surface area contributed by atoms with Crippen LogP contribution in [0.4, 0.5) is 0 Å². The molecule has 0 amide bonds. The van der Waals surface area contributed by atoms with Crippen LogP contribution in [0, 0.1) is 12.3 Å². The van der Waals surface area contributed by atoms with E-state index in [1.807, 2.05) is 12.1 Å². The fourth-order valence-corrected chi connectivity index (χ4v) is 2.20. The number of benzene rings is 1. The van der Waals surface area contributed by atoms with Crippen LogP contribution >= 0.6 is 47.8 Å². The van der Waals surface area contributed by atoms with Crippen molar-refractivity contribution in [3.8, 4) is 5.92 Å². The van der Waals surface area contributed by atoms with Gasteiger partial charge in [0.25, 0.3) is 0 Å². The van der Waals surface area contributed by atoms with E-state index in [2.05, 4.69) is 53.7 Å². The molecule has 1 aromatic carbocycles. The van der Waals surface area contributed by atoms with Gasteiger partial charge in [-0.15, -0.1) is 0 Å². The van der Waals surface area contributed by atoms with Crippen LogP contribution in [0.2, 0.25) is 0 Å². The summed E-state index contributed by atoms with van der Waals surface area (Å²) in [6.07, 6.45) is 6.96. The summed E-state index contributed by atoms with van der Waals surface area (Å²) < 4.78 is 2.71. The second-order valence-corrected chi connectivity index (χ2v) is 4.44. The molecule has 0 aliphatic carbocycles. The monoisotopic (exact) mass is 335 g/mol. The Balaban J connectivity index is 3.39. The number of rotatable bonds is 0. The van der Waals surface area contributed by atoms with Crippen LogP contribution in [0.3, 0.4) is 0 Å². The molecule has 3 heteroatoms. The molecular weight excluding hydrogens is 336 g/mol. The summed E-state index contributed by atoms with van der Waals surface area (Å²) in [6.45, 7) is 0. The van der Waals surface area contributed by atoms with E-state index in [0.717, 1.165) is 19.0 Å². The molecule has 0 unspecified atom stereocenters. The molecule has 55 valence electrons. The molecule has 0 saturated heterocycles. The smallest absolute Gasteiger partial charge is 0.0475 e. The average Bonchev–Trinajstić information content (AvgIpc) is 1.96. The minimum Gasteiger partial charge on any atom is -0.0516 e. The lowest BCUT2D eigenvalue weighted by atomic mass is 10.2. The molecule has 1 radical (unpaired) electrons. The highest BCUT2D eigenvalue weighted by Gasteiger charge is 2.02. The Hall–Kier alpha value is 0.220. The fourth-order valence-electron chi connectivity index (χ4n) is 0.647. The molecule has 0 aromatic heterocycles. The van der Waals surface area contributed by atoms with Crippen LogP contribution in [0.5, 0.6) is 0 Å². The topological polar surface area (TPSA) is 0 Å². The van der Waals surface area contributed by atoms with Gasteiger partial charge in [0.2, 0.25) is 0 Å². The predicted octanol–water partition coefficient (Wildman–Crippen LogP) is 3.91. The van der Waals surface area contributed by atoms with E-state index >= 15 is 0 Å². The normalized spacial score (nSPS) is 9.27. The minimum atomic E-state index is 0.728.